The van der Waals surface area contributed by atoms with E-state index in [4.69, 9.17) is 11.6 Å². The van der Waals surface area contributed by atoms with Crippen LogP contribution < -0.4 is 0 Å². The maximum Gasteiger partial charge on any atom is 0.188 e. The van der Waals surface area contributed by atoms with Crippen LogP contribution in [0.25, 0.3) is 0 Å². The van der Waals surface area contributed by atoms with E-state index in [9.17, 15) is 13.4 Å². The van der Waals surface area contributed by atoms with E-state index in [1.165, 1.54) is 25.1 Å². The van der Waals surface area contributed by atoms with Crippen molar-refractivity contribution in [3.05, 3.63) is 51.4 Å². The zero-order valence-electron chi connectivity index (χ0n) is 9.93. The predicted octanol–water partition coefficient (Wildman–Crippen LogP) is 3.92. The molecule has 2 aromatic rings. The quantitative estimate of drug-likeness (QED) is 0.801. The summed E-state index contributed by atoms with van der Waals surface area (Å²) >= 11 is 6.89. The molecule has 1 aromatic heterocycles. The van der Waals surface area contributed by atoms with Crippen molar-refractivity contribution in [3.8, 4) is 0 Å². The third-order valence-corrected chi connectivity index (χ3v) is 5.43. The van der Waals surface area contributed by atoms with Gasteiger partial charge in [-0.3, -0.25) is 9.00 Å². The highest BCUT2D eigenvalue weighted by molar-refractivity contribution is 7.86. The summed E-state index contributed by atoms with van der Waals surface area (Å²) in [6, 6.07) is 8.96. The number of rotatable bonds is 4. The van der Waals surface area contributed by atoms with Gasteiger partial charge >= 0.3 is 0 Å². The van der Waals surface area contributed by atoms with E-state index >= 15 is 0 Å². The van der Waals surface area contributed by atoms with Crippen LogP contribution in [0.5, 0.6) is 0 Å². The maximum absolute atomic E-state index is 13.5. The first-order chi connectivity index (χ1) is 9.00. The largest absolute Gasteiger partial charge is 0.292 e. The predicted molar refractivity (Wildman–Crippen MR) is 75.9 cm³/mol. The maximum atomic E-state index is 13.5. The van der Waals surface area contributed by atoms with Crippen LogP contribution in [0.3, 0.4) is 0 Å². The molecule has 0 N–H and O–H groups in total. The highest BCUT2D eigenvalue weighted by Gasteiger charge is 2.25. The molecular formula is C13H10ClFO2S2. The molecule has 0 radical (unpaired) electrons. The lowest BCUT2D eigenvalue weighted by Crippen LogP contribution is -2.22. The minimum absolute atomic E-state index is 0.0472. The van der Waals surface area contributed by atoms with E-state index < -0.39 is 21.9 Å². The van der Waals surface area contributed by atoms with Crippen LogP contribution in [0, 0.1) is 5.82 Å². The van der Waals surface area contributed by atoms with Crippen molar-refractivity contribution in [3.63, 3.8) is 0 Å². The molecule has 0 aliphatic rings. The summed E-state index contributed by atoms with van der Waals surface area (Å²) in [7, 11) is -1.72. The van der Waals surface area contributed by atoms with Gasteiger partial charge in [-0.1, -0.05) is 23.7 Å². The Bertz CT molecular complexity index is 639. The molecule has 0 saturated carbocycles. The third kappa shape index (κ3) is 3.11. The second kappa shape index (κ2) is 5.94. The minimum Gasteiger partial charge on any atom is -0.292 e. The van der Waals surface area contributed by atoms with Crippen LogP contribution in [0.2, 0.25) is 4.34 Å². The Morgan fingerprint density at radius 2 is 2.00 bits per heavy atom. The Labute approximate surface area is 121 Å². The van der Waals surface area contributed by atoms with Crippen molar-refractivity contribution in [1.29, 1.82) is 0 Å². The molecule has 1 heterocycles. The highest BCUT2D eigenvalue weighted by atomic mass is 35.5. The lowest BCUT2D eigenvalue weighted by atomic mass is 10.2. The smallest absolute Gasteiger partial charge is 0.188 e. The molecule has 0 aliphatic carbocycles. The van der Waals surface area contributed by atoms with E-state index in [2.05, 4.69) is 0 Å². The second-order valence-corrected chi connectivity index (χ2v) is 7.29. The number of ketones is 1. The fourth-order valence-corrected chi connectivity index (χ4v) is 3.86. The zero-order valence-corrected chi connectivity index (χ0v) is 12.3. The number of hydrogen-bond acceptors (Lipinski definition) is 3. The molecule has 0 amide bonds. The molecule has 19 heavy (non-hydrogen) atoms. The van der Waals surface area contributed by atoms with Gasteiger partial charge in [0.25, 0.3) is 0 Å². The summed E-state index contributed by atoms with van der Waals surface area (Å²) in [6.07, 6.45) is 0. The third-order valence-electron chi connectivity index (χ3n) is 2.56. The summed E-state index contributed by atoms with van der Waals surface area (Å²) in [6.45, 7) is 1.53. The number of halogens is 2. The van der Waals surface area contributed by atoms with Crippen molar-refractivity contribution in [2.45, 2.75) is 17.1 Å². The Morgan fingerprint density at radius 3 is 2.58 bits per heavy atom. The molecule has 2 rings (SSSR count). The average molecular weight is 317 g/mol. The van der Waals surface area contributed by atoms with Gasteiger partial charge in [0.2, 0.25) is 0 Å². The van der Waals surface area contributed by atoms with E-state index in [0.29, 0.717) is 9.21 Å². The van der Waals surface area contributed by atoms with Crippen molar-refractivity contribution >= 4 is 39.5 Å². The topological polar surface area (TPSA) is 34.1 Å². The first-order valence-electron chi connectivity index (χ1n) is 5.45. The lowest BCUT2D eigenvalue weighted by Gasteiger charge is -2.09. The van der Waals surface area contributed by atoms with E-state index in [0.717, 1.165) is 11.3 Å². The molecule has 2 unspecified atom stereocenters. The summed E-state index contributed by atoms with van der Waals surface area (Å²) in [5.74, 6) is -0.858. The summed E-state index contributed by atoms with van der Waals surface area (Å²) in [5, 5.41) is -0.813. The number of benzene rings is 1. The number of thiophene rings is 1. The number of carbonyl (C=O) groups is 1. The molecule has 0 aliphatic heterocycles. The van der Waals surface area contributed by atoms with Crippen molar-refractivity contribution in [2.75, 3.05) is 0 Å². The standard InChI is InChI=1S/C13H10ClFO2S2/c1-8(13(16)10-6-7-12(14)18-10)19(17)11-5-3-2-4-9(11)15/h2-8H,1H3. The van der Waals surface area contributed by atoms with E-state index in [-0.39, 0.29) is 10.7 Å². The van der Waals surface area contributed by atoms with Crippen LogP contribution in [0.4, 0.5) is 4.39 Å². The molecule has 2 nitrogen and oxygen atoms in total. The zero-order chi connectivity index (χ0) is 14.0. The van der Waals surface area contributed by atoms with Crippen LogP contribution in [0.15, 0.2) is 41.3 Å². The van der Waals surface area contributed by atoms with Gasteiger partial charge < -0.3 is 0 Å². The van der Waals surface area contributed by atoms with Crippen molar-refractivity contribution < 1.29 is 13.4 Å². The number of Topliss-reactive ketones (excluding diaryl/α,β-unsaturated/α-hetero) is 1. The second-order valence-electron chi connectivity index (χ2n) is 3.84. The Morgan fingerprint density at radius 1 is 1.32 bits per heavy atom. The van der Waals surface area contributed by atoms with E-state index in [1.807, 2.05) is 0 Å². The average Bonchev–Trinajstić information content (AvgIpc) is 2.83. The van der Waals surface area contributed by atoms with Gasteiger partial charge in [0.05, 0.1) is 24.9 Å². The molecular weight excluding hydrogens is 307 g/mol. The fraction of sp³-hybridized carbons (Fsp3) is 0.154. The molecule has 0 fully saturated rings. The normalized spacial score (nSPS) is 14.1. The molecule has 0 saturated heterocycles. The Hall–Kier alpha value is -1.04. The monoisotopic (exact) mass is 316 g/mol. The molecule has 1 aromatic carbocycles. The van der Waals surface area contributed by atoms with Gasteiger partial charge in [0, 0.05) is 0 Å². The first kappa shape index (κ1) is 14.4. The molecule has 0 spiro atoms. The molecule has 6 heteroatoms. The van der Waals surface area contributed by atoms with Gasteiger partial charge in [0.15, 0.2) is 5.78 Å². The van der Waals surface area contributed by atoms with Crippen LogP contribution in [0.1, 0.15) is 16.6 Å². The fourth-order valence-electron chi connectivity index (χ4n) is 1.54. The minimum atomic E-state index is -1.72. The van der Waals surface area contributed by atoms with E-state index in [1.54, 1.807) is 18.2 Å². The molecule has 0 bridgehead atoms. The van der Waals surface area contributed by atoms with Crippen molar-refractivity contribution in [1.82, 2.24) is 0 Å². The van der Waals surface area contributed by atoms with Gasteiger partial charge in [-0.15, -0.1) is 11.3 Å². The van der Waals surface area contributed by atoms with Gasteiger partial charge in [-0.25, -0.2) is 4.39 Å². The van der Waals surface area contributed by atoms with Crippen LogP contribution in [-0.4, -0.2) is 15.2 Å². The summed E-state index contributed by atoms with van der Waals surface area (Å²) < 4.78 is 26.2. The van der Waals surface area contributed by atoms with Crippen molar-refractivity contribution in [2.24, 2.45) is 0 Å². The summed E-state index contributed by atoms with van der Waals surface area (Å²) in [5.41, 5.74) is 0. The Balaban J connectivity index is 2.25. The van der Waals surface area contributed by atoms with Crippen LogP contribution in [-0.2, 0) is 10.8 Å². The number of carbonyl (C=O) groups excluding carboxylic acids is 1. The summed E-state index contributed by atoms with van der Waals surface area (Å²) in [4.78, 5) is 12.6. The first-order valence-corrected chi connectivity index (χ1v) is 7.86. The van der Waals surface area contributed by atoms with Gasteiger partial charge in [-0.2, -0.15) is 0 Å². The van der Waals surface area contributed by atoms with Gasteiger partial charge in [-0.05, 0) is 31.2 Å². The molecule has 100 valence electrons. The van der Waals surface area contributed by atoms with Gasteiger partial charge in [0.1, 0.15) is 11.1 Å². The molecule has 2 atom stereocenters. The number of hydrogen-bond donors (Lipinski definition) is 0. The SMILES string of the molecule is CC(C(=O)c1ccc(Cl)s1)S(=O)c1ccccc1F. The Kier molecular flexibility index (Phi) is 4.50. The lowest BCUT2D eigenvalue weighted by molar-refractivity contribution is 0.0996. The highest BCUT2D eigenvalue weighted by Crippen LogP contribution is 2.25. The van der Waals surface area contributed by atoms with Crippen LogP contribution >= 0.6 is 22.9 Å².